The van der Waals surface area contributed by atoms with Crippen molar-refractivity contribution in [3.05, 3.63) is 70.5 Å². The fraction of sp³-hybridized carbons (Fsp3) is 0.188. The molecule has 2 aromatic carbocycles. The van der Waals surface area contributed by atoms with Gasteiger partial charge in [-0.25, -0.2) is 13.2 Å². The van der Waals surface area contributed by atoms with Crippen molar-refractivity contribution < 1.29 is 18.0 Å². The number of hydrogen-bond acceptors (Lipinski definition) is 1. The monoisotopic (exact) mass is 291 g/mol. The maximum Gasteiger partial charge on any atom is 0.257 e. The average Bonchev–Trinajstić information content (AvgIpc) is 2.79. The quantitative estimate of drug-likeness (QED) is 0.905. The molecule has 0 saturated carbocycles. The van der Waals surface area contributed by atoms with Gasteiger partial charge in [-0.2, -0.15) is 0 Å². The molecule has 0 atom stereocenters. The molecule has 1 N–H and O–H groups in total. The van der Waals surface area contributed by atoms with Crippen molar-refractivity contribution in [2.24, 2.45) is 0 Å². The van der Waals surface area contributed by atoms with Gasteiger partial charge in [-0.3, -0.25) is 4.79 Å². The Labute approximate surface area is 119 Å². The Kier molecular flexibility index (Phi) is 3.41. The first-order valence-electron chi connectivity index (χ1n) is 6.57. The Hall–Kier alpha value is -2.30. The summed E-state index contributed by atoms with van der Waals surface area (Å²) in [5.74, 6) is -4.29. The molecule has 3 rings (SSSR count). The second-order valence-corrected chi connectivity index (χ2v) is 5.09. The molecule has 5 heteroatoms. The molecule has 0 unspecified atom stereocenters. The van der Waals surface area contributed by atoms with Crippen LogP contribution in [0, 0.1) is 17.5 Å². The third-order valence-corrected chi connectivity index (χ3v) is 3.62. The molecule has 1 aliphatic carbocycles. The molecule has 108 valence electrons. The number of hydrogen-bond donors (Lipinski definition) is 1. The van der Waals surface area contributed by atoms with Gasteiger partial charge in [0.05, 0.1) is 0 Å². The van der Waals surface area contributed by atoms with Gasteiger partial charge in [0.2, 0.25) is 0 Å². The summed E-state index contributed by atoms with van der Waals surface area (Å²) >= 11 is 0. The minimum atomic E-state index is -1.19. The maximum atomic E-state index is 13.6. The molecule has 0 bridgehead atoms. The van der Waals surface area contributed by atoms with Crippen LogP contribution in [-0.4, -0.2) is 11.9 Å². The highest BCUT2D eigenvalue weighted by Crippen LogP contribution is 2.22. The Balaban J connectivity index is 1.77. The van der Waals surface area contributed by atoms with E-state index in [1.165, 1.54) is 0 Å². The summed E-state index contributed by atoms with van der Waals surface area (Å²) in [5, 5.41) is 2.60. The molecule has 0 saturated heterocycles. The number of carbonyl (C=O) groups is 1. The minimum Gasteiger partial charge on any atom is -0.348 e. The standard InChI is InChI=1S/C16H12F3NO/c17-11-7-13(18)15(14(19)8-11)16(21)20-12-5-9-3-1-2-4-10(9)6-12/h1-4,7-8,12H,5-6H2,(H,20,21). The van der Waals surface area contributed by atoms with Crippen molar-refractivity contribution in [3.63, 3.8) is 0 Å². The van der Waals surface area contributed by atoms with Gasteiger partial charge in [-0.15, -0.1) is 0 Å². The summed E-state index contributed by atoms with van der Waals surface area (Å²) in [5.41, 5.74) is 1.48. The third-order valence-electron chi connectivity index (χ3n) is 3.62. The topological polar surface area (TPSA) is 29.1 Å². The summed E-state index contributed by atoms with van der Waals surface area (Å²) in [6.45, 7) is 0. The van der Waals surface area contributed by atoms with Crippen LogP contribution in [0.3, 0.4) is 0 Å². The molecule has 0 heterocycles. The molecular formula is C16H12F3NO. The highest BCUT2D eigenvalue weighted by Gasteiger charge is 2.25. The van der Waals surface area contributed by atoms with Gasteiger partial charge >= 0.3 is 0 Å². The highest BCUT2D eigenvalue weighted by molar-refractivity contribution is 5.95. The molecule has 21 heavy (non-hydrogen) atoms. The Morgan fingerprint density at radius 3 is 2.05 bits per heavy atom. The second-order valence-electron chi connectivity index (χ2n) is 5.09. The molecule has 0 aromatic heterocycles. The van der Waals surface area contributed by atoms with Crippen LogP contribution in [0.1, 0.15) is 21.5 Å². The van der Waals surface area contributed by atoms with Gasteiger partial charge in [0.1, 0.15) is 23.0 Å². The van der Waals surface area contributed by atoms with Crippen molar-refractivity contribution in [1.29, 1.82) is 0 Å². The molecule has 2 nitrogen and oxygen atoms in total. The Morgan fingerprint density at radius 1 is 1.00 bits per heavy atom. The van der Waals surface area contributed by atoms with E-state index in [9.17, 15) is 18.0 Å². The van der Waals surface area contributed by atoms with E-state index in [4.69, 9.17) is 0 Å². The van der Waals surface area contributed by atoms with Crippen molar-refractivity contribution in [3.8, 4) is 0 Å². The second kappa shape index (κ2) is 5.24. The van der Waals surface area contributed by atoms with E-state index in [2.05, 4.69) is 5.32 Å². The number of fused-ring (bicyclic) bond motifs is 1. The van der Waals surface area contributed by atoms with Crippen molar-refractivity contribution >= 4 is 5.91 Å². The third kappa shape index (κ3) is 2.63. The molecule has 2 aromatic rings. The summed E-state index contributed by atoms with van der Waals surface area (Å²) in [4.78, 5) is 12.0. The van der Waals surface area contributed by atoms with Gasteiger partial charge in [0.25, 0.3) is 5.91 Å². The predicted molar refractivity (Wildman–Crippen MR) is 71.4 cm³/mol. The molecular weight excluding hydrogens is 279 g/mol. The number of carbonyl (C=O) groups excluding carboxylic acids is 1. The van der Waals surface area contributed by atoms with Crippen LogP contribution < -0.4 is 5.32 Å². The number of halogens is 3. The average molecular weight is 291 g/mol. The molecule has 0 radical (unpaired) electrons. The van der Waals surface area contributed by atoms with Gasteiger partial charge in [-0.1, -0.05) is 24.3 Å². The van der Waals surface area contributed by atoms with Crippen LogP contribution >= 0.6 is 0 Å². The van der Waals surface area contributed by atoms with Crippen molar-refractivity contribution in [1.82, 2.24) is 5.32 Å². The molecule has 1 aliphatic rings. The lowest BCUT2D eigenvalue weighted by molar-refractivity contribution is 0.0930. The number of amides is 1. The highest BCUT2D eigenvalue weighted by atomic mass is 19.1. The zero-order valence-electron chi connectivity index (χ0n) is 11.0. The summed E-state index contributed by atoms with van der Waals surface area (Å²) < 4.78 is 40.0. The van der Waals surface area contributed by atoms with E-state index in [-0.39, 0.29) is 6.04 Å². The van der Waals surface area contributed by atoms with Gasteiger partial charge < -0.3 is 5.32 Å². The van der Waals surface area contributed by atoms with E-state index < -0.39 is 28.9 Å². The first kappa shape index (κ1) is 13.7. The smallest absolute Gasteiger partial charge is 0.257 e. The minimum absolute atomic E-state index is 0.209. The number of nitrogens with one attached hydrogen (secondary N) is 1. The van der Waals surface area contributed by atoms with E-state index in [1.54, 1.807) is 0 Å². The summed E-state index contributed by atoms with van der Waals surface area (Å²) in [6.07, 6.45) is 1.23. The van der Waals surface area contributed by atoms with Crippen LogP contribution in [0.4, 0.5) is 13.2 Å². The number of rotatable bonds is 2. The molecule has 0 spiro atoms. The predicted octanol–water partition coefficient (Wildman–Crippen LogP) is 3.00. The Morgan fingerprint density at radius 2 is 1.52 bits per heavy atom. The fourth-order valence-corrected chi connectivity index (χ4v) is 2.68. The molecule has 0 aliphatic heterocycles. The molecule has 0 fully saturated rings. The van der Waals surface area contributed by atoms with Crippen molar-refractivity contribution in [2.45, 2.75) is 18.9 Å². The lowest BCUT2D eigenvalue weighted by Gasteiger charge is -2.13. The van der Waals surface area contributed by atoms with Gasteiger partial charge in [0, 0.05) is 18.2 Å². The fourth-order valence-electron chi connectivity index (χ4n) is 2.68. The zero-order valence-corrected chi connectivity index (χ0v) is 11.0. The van der Waals surface area contributed by atoms with Crippen LogP contribution in [-0.2, 0) is 12.8 Å². The lowest BCUT2D eigenvalue weighted by Crippen LogP contribution is -2.36. The first-order chi connectivity index (χ1) is 10.0. The maximum absolute atomic E-state index is 13.6. The van der Waals surface area contributed by atoms with E-state index in [1.807, 2.05) is 24.3 Å². The lowest BCUT2D eigenvalue weighted by atomic mass is 10.1. The molecule has 1 amide bonds. The van der Waals surface area contributed by atoms with Gasteiger partial charge in [0.15, 0.2) is 0 Å². The van der Waals surface area contributed by atoms with Gasteiger partial charge in [-0.05, 0) is 24.0 Å². The number of benzene rings is 2. The van der Waals surface area contributed by atoms with Crippen LogP contribution in [0.25, 0.3) is 0 Å². The normalized spacial score (nSPS) is 14.0. The summed E-state index contributed by atoms with van der Waals surface area (Å²) in [7, 11) is 0. The van der Waals surface area contributed by atoms with Crippen LogP contribution in [0.15, 0.2) is 36.4 Å². The van der Waals surface area contributed by atoms with Crippen molar-refractivity contribution in [2.75, 3.05) is 0 Å². The van der Waals surface area contributed by atoms with E-state index in [0.29, 0.717) is 25.0 Å². The first-order valence-corrected chi connectivity index (χ1v) is 6.57. The summed E-state index contributed by atoms with van der Waals surface area (Å²) in [6, 6.07) is 8.52. The largest absolute Gasteiger partial charge is 0.348 e. The zero-order chi connectivity index (χ0) is 15.0. The van der Waals surface area contributed by atoms with Crippen LogP contribution in [0.5, 0.6) is 0 Å². The SMILES string of the molecule is O=C(NC1Cc2ccccc2C1)c1c(F)cc(F)cc1F. The van der Waals surface area contributed by atoms with Crippen LogP contribution in [0.2, 0.25) is 0 Å². The Bertz CT molecular complexity index is 666. The van der Waals surface area contributed by atoms with E-state index in [0.717, 1.165) is 11.1 Å². The van der Waals surface area contributed by atoms with E-state index >= 15 is 0 Å².